The first-order chi connectivity index (χ1) is 20.0. The number of carbonyl (C=O) groups is 2. The van der Waals surface area contributed by atoms with E-state index in [0.29, 0.717) is 18.8 Å². The molecule has 0 saturated carbocycles. The average Bonchev–Trinajstić information content (AvgIpc) is 2.97. The van der Waals surface area contributed by atoms with Crippen LogP contribution in [0, 0.1) is 13.8 Å². The van der Waals surface area contributed by atoms with Gasteiger partial charge in [-0.15, -0.1) is 0 Å². The molecule has 0 aliphatic rings. The van der Waals surface area contributed by atoms with Crippen LogP contribution in [0.4, 0.5) is 5.69 Å². The van der Waals surface area contributed by atoms with Crippen LogP contribution < -0.4 is 14.4 Å². The van der Waals surface area contributed by atoms with Crippen LogP contribution in [0.5, 0.6) is 5.75 Å². The largest absolute Gasteiger partial charge is 0.492 e. The highest BCUT2D eigenvalue weighted by atomic mass is 32.2. The molecular weight excluding hydrogens is 550 g/mol. The zero-order valence-corrected chi connectivity index (χ0v) is 26.3. The molecule has 3 aromatic rings. The summed E-state index contributed by atoms with van der Waals surface area (Å²) in [6, 6.07) is 20.1. The summed E-state index contributed by atoms with van der Waals surface area (Å²) in [6.45, 7) is 11.3. The van der Waals surface area contributed by atoms with Crippen LogP contribution in [0.15, 0.2) is 77.7 Å². The molecule has 9 heteroatoms. The second-order valence-corrected chi connectivity index (χ2v) is 12.3. The molecule has 8 nitrogen and oxygen atoms in total. The zero-order valence-electron chi connectivity index (χ0n) is 25.5. The second-order valence-electron chi connectivity index (χ2n) is 10.4. The molecule has 0 spiro atoms. The Bertz CT molecular complexity index is 1460. The van der Waals surface area contributed by atoms with Gasteiger partial charge in [-0.3, -0.25) is 13.9 Å². The van der Waals surface area contributed by atoms with Crippen molar-refractivity contribution in [3.8, 4) is 5.75 Å². The number of ether oxygens (including phenoxy) is 1. The third-order valence-corrected chi connectivity index (χ3v) is 9.08. The summed E-state index contributed by atoms with van der Waals surface area (Å²) < 4.78 is 35.2. The first-order valence-corrected chi connectivity index (χ1v) is 15.9. The average molecular weight is 594 g/mol. The highest BCUT2D eigenvalue weighted by Gasteiger charge is 2.35. The fourth-order valence-electron chi connectivity index (χ4n) is 4.62. The van der Waals surface area contributed by atoms with Gasteiger partial charge in [0.1, 0.15) is 18.3 Å². The number of benzene rings is 3. The molecule has 0 bridgehead atoms. The van der Waals surface area contributed by atoms with Crippen LogP contribution in [0.2, 0.25) is 0 Å². The smallest absolute Gasteiger partial charge is 0.264 e. The number of aryl methyl sites for hydroxylation is 2. The molecule has 3 aromatic carbocycles. The summed E-state index contributed by atoms with van der Waals surface area (Å²) in [7, 11) is -4.19. The van der Waals surface area contributed by atoms with Gasteiger partial charge in [-0.05, 0) is 75.9 Å². The molecule has 42 heavy (non-hydrogen) atoms. The van der Waals surface area contributed by atoms with Crippen molar-refractivity contribution in [3.05, 3.63) is 89.5 Å². The van der Waals surface area contributed by atoms with E-state index < -0.39 is 28.5 Å². The van der Waals surface area contributed by atoms with Crippen molar-refractivity contribution in [2.45, 2.75) is 77.9 Å². The van der Waals surface area contributed by atoms with Gasteiger partial charge in [0.05, 0.1) is 17.2 Å². The maximum Gasteiger partial charge on any atom is 0.264 e. The first-order valence-electron chi connectivity index (χ1n) is 14.5. The van der Waals surface area contributed by atoms with E-state index >= 15 is 0 Å². The summed E-state index contributed by atoms with van der Waals surface area (Å²) in [6.07, 6.45) is 1.10. The molecule has 1 N–H and O–H groups in total. The van der Waals surface area contributed by atoms with Crippen LogP contribution in [-0.2, 0) is 26.2 Å². The summed E-state index contributed by atoms with van der Waals surface area (Å²) in [5.41, 5.74) is 3.01. The minimum atomic E-state index is -4.19. The van der Waals surface area contributed by atoms with Crippen LogP contribution in [-0.4, -0.2) is 50.4 Å². The predicted molar refractivity (Wildman–Crippen MR) is 167 cm³/mol. The Kier molecular flexibility index (Phi) is 11.6. The number of nitrogens with one attached hydrogen (secondary N) is 1. The van der Waals surface area contributed by atoms with Crippen molar-refractivity contribution in [2.24, 2.45) is 0 Å². The summed E-state index contributed by atoms with van der Waals surface area (Å²) in [5, 5.41) is 3.00. The fraction of sp³-hybridized carbons (Fsp3) is 0.394. The van der Waals surface area contributed by atoms with E-state index in [0.717, 1.165) is 27.4 Å². The monoisotopic (exact) mass is 593 g/mol. The molecule has 0 aliphatic heterocycles. The molecule has 0 radical (unpaired) electrons. The topological polar surface area (TPSA) is 96.0 Å². The first kappa shape index (κ1) is 32.7. The van der Waals surface area contributed by atoms with E-state index in [2.05, 4.69) is 5.32 Å². The van der Waals surface area contributed by atoms with Crippen molar-refractivity contribution in [1.82, 2.24) is 10.2 Å². The van der Waals surface area contributed by atoms with E-state index in [1.165, 1.54) is 17.0 Å². The van der Waals surface area contributed by atoms with Crippen LogP contribution >= 0.6 is 0 Å². The molecule has 2 amide bonds. The number of para-hydroxylation sites is 2. The molecule has 3 rings (SSSR count). The van der Waals surface area contributed by atoms with E-state index in [1.54, 1.807) is 36.4 Å². The third kappa shape index (κ3) is 7.91. The van der Waals surface area contributed by atoms with E-state index in [1.807, 2.05) is 65.8 Å². The Hall–Kier alpha value is -3.85. The summed E-state index contributed by atoms with van der Waals surface area (Å²) in [4.78, 5) is 29.3. The van der Waals surface area contributed by atoms with Gasteiger partial charge in [0.25, 0.3) is 10.0 Å². The normalized spacial score (nSPS) is 12.7. The van der Waals surface area contributed by atoms with E-state index in [-0.39, 0.29) is 29.1 Å². The van der Waals surface area contributed by atoms with Gasteiger partial charge >= 0.3 is 0 Å². The maximum atomic E-state index is 14.3. The number of rotatable bonds is 14. The fourth-order valence-corrected chi connectivity index (χ4v) is 6.05. The molecule has 2 atom stereocenters. The molecule has 0 fully saturated rings. The molecule has 0 aliphatic carbocycles. The number of hydrogen-bond donors (Lipinski definition) is 1. The molecular formula is C33H43N3O5S. The number of anilines is 1. The minimum absolute atomic E-state index is 0.0548. The van der Waals surface area contributed by atoms with Gasteiger partial charge in [0, 0.05) is 12.6 Å². The highest BCUT2D eigenvalue weighted by Crippen LogP contribution is 2.33. The lowest BCUT2D eigenvalue weighted by atomic mass is 10.1. The lowest BCUT2D eigenvalue weighted by Gasteiger charge is -2.34. The minimum Gasteiger partial charge on any atom is -0.492 e. The SMILES string of the molecule is CCOc1ccccc1N(CC(=O)N(Cc1ccccc1C)C(CC)C(=O)NC(C)CC)S(=O)(=O)c1ccc(C)cc1. The van der Waals surface area contributed by atoms with Crippen molar-refractivity contribution in [2.75, 3.05) is 17.5 Å². The van der Waals surface area contributed by atoms with Crippen molar-refractivity contribution in [3.63, 3.8) is 0 Å². The Morgan fingerprint density at radius 2 is 1.52 bits per heavy atom. The highest BCUT2D eigenvalue weighted by molar-refractivity contribution is 7.92. The number of nitrogens with zero attached hydrogens (tertiary/aromatic N) is 2. The Morgan fingerprint density at radius 3 is 2.14 bits per heavy atom. The van der Waals surface area contributed by atoms with Crippen molar-refractivity contribution >= 4 is 27.5 Å². The number of hydrogen-bond acceptors (Lipinski definition) is 5. The van der Waals surface area contributed by atoms with Gasteiger partial charge < -0.3 is 15.0 Å². The van der Waals surface area contributed by atoms with Crippen LogP contribution in [0.25, 0.3) is 0 Å². The van der Waals surface area contributed by atoms with Crippen LogP contribution in [0.1, 0.15) is 57.2 Å². The Balaban J connectivity index is 2.12. The van der Waals surface area contributed by atoms with Crippen molar-refractivity contribution in [1.29, 1.82) is 0 Å². The summed E-state index contributed by atoms with van der Waals surface area (Å²) in [5.74, 6) is -0.418. The lowest BCUT2D eigenvalue weighted by Crippen LogP contribution is -2.53. The molecule has 0 saturated heterocycles. The molecule has 2 unspecified atom stereocenters. The lowest BCUT2D eigenvalue weighted by molar-refractivity contribution is -0.140. The Morgan fingerprint density at radius 1 is 0.881 bits per heavy atom. The van der Waals surface area contributed by atoms with Gasteiger partial charge in [-0.1, -0.05) is 67.9 Å². The summed E-state index contributed by atoms with van der Waals surface area (Å²) >= 11 is 0. The number of amides is 2. The van der Waals surface area contributed by atoms with Gasteiger partial charge in [-0.2, -0.15) is 0 Å². The Labute approximate surface area is 250 Å². The predicted octanol–water partition coefficient (Wildman–Crippen LogP) is 5.62. The number of sulfonamides is 1. The van der Waals surface area contributed by atoms with Crippen LogP contribution in [0.3, 0.4) is 0 Å². The van der Waals surface area contributed by atoms with Gasteiger partial charge in [0.15, 0.2) is 0 Å². The quantitative estimate of drug-likeness (QED) is 0.262. The standard InChI is InChI=1S/C33H43N3O5S/c1-7-26(6)34-33(38)29(8-2)35(22-27-15-11-10-14-25(27)5)32(37)23-36(30-16-12-13-17-31(30)41-9-3)42(39,40)28-20-18-24(4)19-21-28/h10-21,26,29H,7-9,22-23H2,1-6H3,(H,34,38). The number of carbonyl (C=O) groups excluding carboxylic acids is 2. The van der Waals surface area contributed by atoms with E-state index in [4.69, 9.17) is 4.74 Å². The van der Waals surface area contributed by atoms with Gasteiger partial charge in [-0.25, -0.2) is 8.42 Å². The third-order valence-electron chi connectivity index (χ3n) is 7.31. The molecule has 226 valence electrons. The second kappa shape index (κ2) is 14.9. The van der Waals surface area contributed by atoms with Crippen molar-refractivity contribution < 1.29 is 22.7 Å². The van der Waals surface area contributed by atoms with Gasteiger partial charge in [0.2, 0.25) is 11.8 Å². The zero-order chi connectivity index (χ0) is 30.9. The molecule has 0 heterocycles. The molecule has 0 aromatic heterocycles. The van der Waals surface area contributed by atoms with E-state index in [9.17, 15) is 18.0 Å². The maximum absolute atomic E-state index is 14.3.